The Morgan fingerprint density at radius 1 is 1.65 bits per heavy atom. The number of aliphatic imine (C=N–C) groups is 2. The molecule has 0 bridgehead atoms. The summed E-state index contributed by atoms with van der Waals surface area (Å²) in [5.41, 5.74) is 0. The molecule has 0 radical (unpaired) electrons. The van der Waals surface area contributed by atoms with Crippen molar-refractivity contribution in [2.24, 2.45) is 9.98 Å². The van der Waals surface area contributed by atoms with Gasteiger partial charge in [-0.05, 0) is 27.2 Å². The van der Waals surface area contributed by atoms with Gasteiger partial charge in [0.15, 0.2) is 6.29 Å². The van der Waals surface area contributed by atoms with Crippen LogP contribution >= 0.6 is 12.8 Å². The van der Waals surface area contributed by atoms with Gasteiger partial charge in [0.05, 0.1) is 7.11 Å². The molecule has 0 amide bonds. The Balaban J connectivity index is 2.55. The quantitative estimate of drug-likeness (QED) is 0.383. The van der Waals surface area contributed by atoms with Crippen LogP contribution in [0.4, 0.5) is 0 Å². The highest BCUT2D eigenvalue weighted by atomic mass is 32.1. The third kappa shape index (κ3) is 5.38. The van der Waals surface area contributed by atoms with Crippen LogP contribution in [-0.2, 0) is 9.53 Å². The third-order valence-electron chi connectivity index (χ3n) is 2.63. The Kier molecular flexibility index (Phi) is 6.80. The number of nitrogens with one attached hydrogen (secondary N) is 2. The normalized spacial score (nSPS) is 20.9. The number of esters is 1. The zero-order valence-corrected chi connectivity index (χ0v) is 13.3. The van der Waals surface area contributed by atoms with Crippen molar-refractivity contribution in [1.82, 2.24) is 14.9 Å². The first kappa shape index (κ1) is 16.8. The average molecular weight is 301 g/mol. The van der Waals surface area contributed by atoms with Crippen molar-refractivity contribution in [3.63, 3.8) is 0 Å². The first-order valence-corrected chi connectivity index (χ1v) is 7.01. The maximum Gasteiger partial charge on any atom is 0.305 e. The van der Waals surface area contributed by atoms with Crippen LogP contribution < -0.4 is 10.6 Å². The van der Waals surface area contributed by atoms with Crippen molar-refractivity contribution in [2.75, 3.05) is 13.7 Å². The highest BCUT2D eigenvalue weighted by Crippen LogP contribution is 2.07. The van der Waals surface area contributed by atoms with Crippen LogP contribution in [-0.4, -0.2) is 48.1 Å². The van der Waals surface area contributed by atoms with Gasteiger partial charge in [-0.25, -0.2) is 0 Å². The number of carbonyl (C=O) groups is 1. The second kappa shape index (κ2) is 8.11. The van der Waals surface area contributed by atoms with E-state index >= 15 is 0 Å². The average Bonchev–Trinajstić information content (AvgIpc) is 2.39. The number of rotatable bonds is 6. The van der Waals surface area contributed by atoms with Crippen molar-refractivity contribution in [3.05, 3.63) is 0 Å². The van der Waals surface area contributed by atoms with Crippen LogP contribution in [0, 0.1) is 0 Å². The predicted octanol–water partition coefficient (Wildman–Crippen LogP) is 0.746. The fraction of sp³-hybridized carbons (Fsp3) is 0.750. The van der Waals surface area contributed by atoms with Crippen molar-refractivity contribution < 1.29 is 9.53 Å². The molecule has 0 saturated heterocycles. The first-order valence-electron chi connectivity index (χ1n) is 6.61. The van der Waals surface area contributed by atoms with Gasteiger partial charge in [0.25, 0.3) is 0 Å². The van der Waals surface area contributed by atoms with E-state index in [4.69, 9.17) is 0 Å². The second-order valence-electron chi connectivity index (χ2n) is 4.76. The van der Waals surface area contributed by atoms with E-state index in [-0.39, 0.29) is 12.3 Å². The lowest BCUT2D eigenvalue weighted by Crippen LogP contribution is -2.59. The fourth-order valence-corrected chi connectivity index (χ4v) is 1.80. The Bertz CT molecular complexity index is 397. The summed E-state index contributed by atoms with van der Waals surface area (Å²) < 4.78 is 6.29. The van der Waals surface area contributed by atoms with E-state index in [0.717, 1.165) is 5.84 Å². The van der Waals surface area contributed by atoms with E-state index in [1.54, 1.807) is 4.31 Å². The standard InChI is InChI=1S/C12H23N5O2S/c1-8(2)14-12-16-11(15-9(3)17(12)20)13-7-5-6-10(18)19-4/h8,12,14,20H,5-7H2,1-4H3,(H,13,16). The summed E-state index contributed by atoms with van der Waals surface area (Å²) in [5, 5.41) is 6.46. The molecular formula is C12H23N5O2S. The molecule has 7 nitrogen and oxygen atoms in total. The van der Waals surface area contributed by atoms with Crippen molar-refractivity contribution in [3.8, 4) is 0 Å². The van der Waals surface area contributed by atoms with Gasteiger partial charge in [-0.15, -0.1) is 0 Å². The molecule has 0 aromatic rings. The van der Waals surface area contributed by atoms with Crippen LogP contribution in [0.1, 0.15) is 33.6 Å². The lowest BCUT2D eigenvalue weighted by Gasteiger charge is -2.34. The second-order valence-corrected chi connectivity index (χ2v) is 5.19. The van der Waals surface area contributed by atoms with E-state index in [0.29, 0.717) is 31.4 Å². The van der Waals surface area contributed by atoms with E-state index in [1.807, 2.05) is 6.92 Å². The minimum absolute atomic E-state index is 0.157. The van der Waals surface area contributed by atoms with Crippen molar-refractivity contribution in [1.29, 1.82) is 0 Å². The number of methoxy groups -OCH3 is 1. The Morgan fingerprint density at radius 2 is 2.35 bits per heavy atom. The number of hydrogen-bond acceptors (Lipinski definition) is 6. The summed E-state index contributed by atoms with van der Waals surface area (Å²) in [6, 6.07) is 0.300. The van der Waals surface area contributed by atoms with E-state index in [9.17, 15) is 4.79 Å². The Hall–Kier alpha value is -1.28. The molecule has 1 atom stereocenters. The molecule has 0 spiro atoms. The van der Waals surface area contributed by atoms with Gasteiger partial charge in [0.1, 0.15) is 5.84 Å². The number of thiol groups is 1. The molecule has 0 fully saturated rings. The minimum Gasteiger partial charge on any atom is -0.469 e. The number of ether oxygens (including phenoxy) is 1. The third-order valence-corrected chi connectivity index (χ3v) is 3.15. The van der Waals surface area contributed by atoms with Gasteiger partial charge in [0, 0.05) is 19.0 Å². The summed E-state index contributed by atoms with van der Waals surface area (Å²) in [7, 11) is 1.38. The summed E-state index contributed by atoms with van der Waals surface area (Å²) in [4.78, 5) is 19.6. The van der Waals surface area contributed by atoms with Gasteiger partial charge in [-0.1, -0.05) is 12.8 Å². The van der Waals surface area contributed by atoms with Crippen molar-refractivity contribution in [2.45, 2.75) is 45.9 Å². The lowest BCUT2D eigenvalue weighted by atomic mass is 10.3. The van der Waals surface area contributed by atoms with Crippen LogP contribution in [0.3, 0.4) is 0 Å². The maximum atomic E-state index is 11.0. The zero-order chi connectivity index (χ0) is 15.1. The molecule has 1 aliphatic heterocycles. The minimum atomic E-state index is -0.220. The molecule has 0 saturated carbocycles. The molecule has 0 aliphatic carbocycles. The van der Waals surface area contributed by atoms with Crippen LogP contribution in [0.5, 0.6) is 0 Å². The molecule has 1 unspecified atom stereocenters. The molecule has 2 N–H and O–H groups in total. The van der Waals surface area contributed by atoms with Crippen molar-refractivity contribution >= 4 is 30.6 Å². The van der Waals surface area contributed by atoms with Gasteiger partial charge >= 0.3 is 5.97 Å². The number of guanidine groups is 1. The largest absolute Gasteiger partial charge is 0.469 e. The molecular weight excluding hydrogens is 278 g/mol. The molecule has 1 rings (SSSR count). The van der Waals surface area contributed by atoms with E-state index in [2.05, 4.69) is 52.0 Å². The van der Waals surface area contributed by atoms with Gasteiger partial charge in [-0.2, -0.15) is 4.99 Å². The monoisotopic (exact) mass is 301 g/mol. The van der Waals surface area contributed by atoms with Gasteiger partial charge in [0.2, 0.25) is 5.96 Å². The highest BCUT2D eigenvalue weighted by Gasteiger charge is 2.23. The smallest absolute Gasteiger partial charge is 0.305 e. The number of carbonyl (C=O) groups excluding carboxylic acids is 1. The summed E-state index contributed by atoms with van der Waals surface area (Å²) in [6.07, 6.45) is 0.844. The highest BCUT2D eigenvalue weighted by molar-refractivity contribution is 7.78. The molecule has 8 heteroatoms. The van der Waals surface area contributed by atoms with Gasteiger partial charge < -0.3 is 10.1 Å². The summed E-state index contributed by atoms with van der Waals surface area (Å²) >= 11 is 4.38. The first-order chi connectivity index (χ1) is 9.43. The van der Waals surface area contributed by atoms with Crippen LogP contribution in [0.2, 0.25) is 0 Å². The zero-order valence-electron chi connectivity index (χ0n) is 12.4. The summed E-state index contributed by atoms with van der Waals surface area (Å²) in [6.45, 7) is 6.50. The molecule has 0 aromatic heterocycles. The van der Waals surface area contributed by atoms with Gasteiger partial charge in [-0.3, -0.25) is 19.4 Å². The SMILES string of the molecule is COC(=O)CCCN=C1N=C(C)N(S)C(NC(C)C)N1. The number of hydrogen-bond donors (Lipinski definition) is 3. The maximum absolute atomic E-state index is 11.0. The number of nitrogens with zero attached hydrogens (tertiary/aromatic N) is 3. The molecule has 20 heavy (non-hydrogen) atoms. The van der Waals surface area contributed by atoms with Crippen LogP contribution in [0.15, 0.2) is 9.98 Å². The Labute approximate surface area is 125 Å². The molecule has 1 aliphatic rings. The predicted molar refractivity (Wildman–Crippen MR) is 82.7 cm³/mol. The number of amidine groups is 1. The fourth-order valence-electron chi connectivity index (χ4n) is 1.63. The molecule has 1 heterocycles. The van der Waals surface area contributed by atoms with E-state index < -0.39 is 0 Å². The van der Waals surface area contributed by atoms with E-state index in [1.165, 1.54) is 7.11 Å². The summed E-state index contributed by atoms with van der Waals surface area (Å²) in [5.74, 6) is 1.09. The lowest BCUT2D eigenvalue weighted by molar-refractivity contribution is -0.140. The molecule has 114 valence electrons. The molecule has 0 aromatic carbocycles. The van der Waals surface area contributed by atoms with Crippen LogP contribution in [0.25, 0.3) is 0 Å². The Morgan fingerprint density at radius 3 is 2.95 bits per heavy atom. The topological polar surface area (TPSA) is 78.3 Å².